The summed E-state index contributed by atoms with van der Waals surface area (Å²) in [5.74, 6) is 0. The lowest BCUT2D eigenvalue weighted by Crippen LogP contribution is -2.34. The molecule has 4 nitrogen and oxygen atoms in total. The molecule has 2 aliphatic carbocycles. The molecule has 1 heterocycles. The molecule has 1 aliphatic heterocycles. The molecule has 130 valence electrons. The number of hydrogen-bond donors (Lipinski definition) is 2. The molecule has 0 spiro atoms. The number of amides is 2. The van der Waals surface area contributed by atoms with E-state index in [2.05, 4.69) is 28.1 Å². The third-order valence-electron chi connectivity index (χ3n) is 5.70. The molecule has 4 rings (SSSR count). The molecular formula is C19H27N3OS. The van der Waals surface area contributed by atoms with Crippen LogP contribution in [0.25, 0.3) is 0 Å². The minimum absolute atomic E-state index is 0.0478. The van der Waals surface area contributed by atoms with Crippen LogP contribution in [0.15, 0.2) is 6.07 Å². The van der Waals surface area contributed by atoms with E-state index in [9.17, 15) is 4.79 Å². The Kier molecular flexibility index (Phi) is 4.72. The first-order valence-corrected chi connectivity index (χ1v) is 10.2. The maximum absolute atomic E-state index is 12.5. The van der Waals surface area contributed by atoms with Gasteiger partial charge in [0, 0.05) is 10.9 Å². The number of benzene rings is 1. The van der Waals surface area contributed by atoms with Gasteiger partial charge in [-0.1, -0.05) is 6.07 Å². The van der Waals surface area contributed by atoms with Crippen molar-refractivity contribution in [1.82, 2.24) is 9.62 Å². The Morgan fingerprint density at radius 1 is 1.08 bits per heavy atom. The third kappa shape index (κ3) is 3.29. The van der Waals surface area contributed by atoms with E-state index in [0.717, 1.165) is 44.5 Å². The van der Waals surface area contributed by atoms with Crippen LogP contribution >= 0.6 is 11.9 Å². The lowest BCUT2D eigenvalue weighted by atomic mass is 9.99. The zero-order valence-electron chi connectivity index (χ0n) is 14.5. The molecule has 1 aromatic carbocycles. The molecule has 0 unspecified atom stereocenters. The van der Waals surface area contributed by atoms with E-state index < -0.39 is 0 Å². The highest BCUT2D eigenvalue weighted by Crippen LogP contribution is 2.38. The molecular weight excluding hydrogens is 318 g/mol. The number of rotatable bonds is 3. The highest BCUT2D eigenvalue weighted by molar-refractivity contribution is 7.98. The first-order chi connectivity index (χ1) is 11.7. The standard InChI is InChI=1S/C19H27N3OS/c1-22-10-8-15(9-11-22)24-21-19(23)20-18-16-6-2-4-13(16)12-14-5-3-7-17(14)18/h12,15H,2-11H2,1H3,(H2,20,21,23). The maximum Gasteiger partial charge on any atom is 0.329 e. The molecule has 0 radical (unpaired) electrons. The predicted octanol–water partition coefficient (Wildman–Crippen LogP) is 3.53. The molecule has 0 aromatic heterocycles. The zero-order valence-corrected chi connectivity index (χ0v) is 15.3. The van der Waals surface area contributed by atoms with E-state index in [1.807, 2.05) is 0 Å². The summed E-state index contributed by atoms with van der Waals surface area (Å²) in [5, 5.41) is 3.75. The predicted molar refractivity (Wildman–Crippen MR) is 101 cm³/mol. The van der Waals surface area contributed by atoms with E-state index in [4.69, 9.17) is 0 Å². The van der Waals surface area contributed by atoms with Gasteiger partial charge in [0.1, 0.15) is 0 Å². The fourth-order valence-corrected chi connectivity index (χ4v) is 5.12. The van der Waals surface area contributed by atoms with Crippen molar-refractivity contribution in [3.63, 3.8) is 0 Å². The van der Waals surface area contributed by atoms with Gasteiger partial charge in [0.05, 0.1) is 0 Å². The first kappa shape index (κ1) is 16.3. The summed E-state index contributed by atoms with van der Waals surface area (Å²) in [5.41, 5.74) is 6.87. The van der Waals surface area contributed by atoms with Crippen LogP contribution in [-0.2, 0) is 25.7 Å². The van der Waals surface area contributed by atoms with Crippen LogP contribution in [0.3, 0.4) is 0 Å². The number of carbonyl (C=O) groups is 1. The minimum Gasteiger partial charge on any atom is -0.307 e. The van der Waals surface area contributed by atoms with Crippen molar-refractivity contribution >= 4 is 23.7 Å². The van der Waals surface area contributed by atoms with E-state index in [-0.39, 0.29) is 6.03 Å². The van der Waals surface area contributed by atoms with Crippen molar-refractivity contribution in [2.75, 3.05) is 25.5 Å². The van der Waals surface area contributed by atoms with Gasteiger partial charge >= 0.3 is 6.03 Å². The third-order valence-corrected chi connectivity index (χ3v) is 6.80. The smallest absolute Gasteiger partial charge is 0.307 e. The Balaban J connectivity index is 1.41. The van der Waals surface area contributed by atoms with Gasteiger partial charge in [0.25, 0.3) is 0 Å². The van der Waals surface area contributed by atoms with Crippen LogP contribution in [-0.4, -0.2) is 36.3 Å². The summed E-state index contributed by atoms with van der Waals surface area (Å²) < 4.78 is 3.05. The summed E-state index contributed by atoms with van der Waals surface area (Å²) in [7, 11) is 2.16. The Morgan fingerprint density at radius 2 is 1.71 bits per heavy atom. The van der Waals surface area contributed by atoms with E-state index >= 15 is 0 Å². The average molecular weight is 346 g/mol. The van der Waals surface area contributed by atoms with Gasteiger partial charge in [-0.3, -0.25) is 4.72 Å². The van der Waals surface area contributed by atoms with Crippen LogP contribution in [0.2, 0.25) is 0 Å². The quantitative estimate of drug-likeness (QED) is 0.824. The first-order valence-electron chi connectivity index (χ1n) is 9.28. The number of piperidine rings is 1. The normalized spacial score (nSPS) is 20.7. The maximum atomic E-state index is 12.5. The molecule has 5 heteroatoms. The van der Waals surface area contributed by atoms with Crippen molar-refractivity contribution in [2.24, 2.45) is 0 Å². The molecule has 2 amide bonds. The van der Waals surface area contributed by atoms with Gasteiger partial charge in [0.15, 0.2) is 0 Å². The van der Waals surface area contributed by atoms with Gasteiger partial charge in [0.2, 0.25) is 0 Å². The van der Waals surface area contributed by atoms with Crippen molar-refractivity contribution in [3.05, 3.63) is 28.3 Å². The summed E-state index contributed by atoms with van der Waals surface area (Å²) in [6.07, 6.45) is 9.31. The van der Waals surface area contributed by atoms with Crippen LogP contribution in [0.4, 0.5) is 10.5 Å². The molecule has 1 saturated heterocycles. The lowest BCUT2D eigenvalue weighted by molar-refractivity contribution is 0.256. The van der Waals surface area contributed by atoms with Crippen molar-refractivity contribution in [1.29, 1.82) is 0 Å². The van der Waals surface area contributed by atoms with Gasteiger partial charge in [-0.05, 0) is 106 Å². The van der Waals surface area contributed by atoms with Gasteiger partial charge < -0.3 is 10.2 Å². The Bertz CT molecular complexity index is 606. The number of anilines is 1. The Hall–Kier alpha value is -1.20. The molecule has 2 N–H and O–H groups in total. The molecule has 1 aromatic rings. The van der Waals surface area contributed by atoms with E-state index in [1.165, 1.54) is 47.9 Å². The zero-order chi connectivity index (χ0) is 16.5. The van der Waals surface area contributed by atoms with Gasteiger partial charge in [-0.15, -0.1) is 0 Å². The van der Waals surface area contributed by atoms with Crippen molar-refractivity contribution < 1.29 is 4.79 Å². The van der Waals surface area contributed by atoms with Crippen LogP contribution < -0.4 is 10.0 Å². The Morgan fingerprint density at radius 3 is 2.33 bits per heavy atom. The van der Waals surface area contributed by atoms with Crippen LogP contribution in [0, 0.1) is 0 Å². The number of carbonyl (C=O) groups excluding carboxylic acids is 1. The number of nitrogens with zero attached hydrogens (tertiary/aromatic N) is 1. The molecule has 24 heavy (non-hydrogen) atoms. The van der Waals surface area contributed by atoms with Crippen LogP contribution in [0.5, 0.6) is 0 Å². The number of nitrogens with one attached hydrogen (secondary N) is 2. The molecule has 3 aliphatic rings. The summed E-state index contributed by atoms with van der Waals surface area (Å²) in [6, 6.07) is 2.36. The van der Waals surface area contributed by atoms with Crippen LogP contribution in [0.1, 0.15) is 47.9 Å². The number of likely N-dealkylation sites (tertiary alicyclic amines) is 1. The van der Waals surface area contributed by atoms with Crippen molar-refractivity contribution in [3.8, 4) is 0 Å². The number of aryl methyl sites for hydroxylation is 2. The molecule has 1 fully saturated rings. The van der Waals surface area contributed by atoms with E-state index in [1.54, 1.807) is 11.9 Å². The molecule has 0 bridgehead atoms. The highest BCUT2D eigenvalue weighted by Gasteiger charge is 2.25. The SMILES string of the molecule is CN1CCC(SNC(=O)Nc2c3c(cc4c2CCC4)CCC3)CC1. The molecule has 0 saturated carbocycles. The largest absolute Gasteiger partial charge is 0.329 e. The van der Waals surface area contributed by atoms with E-state index in [0.29, 0.717) is 5.25 Å². The topological polar surface area (TPSA) is 44.4 Å². The van der Waals surface area contributed by atoms with Gasteiger partial charge in [-0.2, -0.15) is 0 Å². The fraction of sp³-hybridized carbons (Fsp3) is 0.632. The lowest BCUT2D eigenvalue weighted by Gasteiger charge is -2.28. The average Bonchev–Trinajstić information content (AvgIpc) is 3.23. The second-order valence-corrected chi connectivity index (χ2v) is 8.52. The fourth-order valence-electron chi connectivity index (χ4n) is 4.35. The Labute approximate surface area is 148 Å². The van der Waals surface area contributed by atoms with Gasteiger partial charge in [-0.25, -0.2) is 4.79 Å². The minimum atomic E-state index is -0.0478. The number of fused-ring (bicyclic) bond motifs is 2. The second-order valence-electron chi connectivity index (χ2n) is 7.41. The summed E-state index contributed by atoms with van der Waals surface area (Å²) in [4.78, 5) is 14.8. The highest BCUT2D eigenvalue weighted by atomic mass is 32.2. The molecule has 0 atom stereocenters. The second kappa shape index (κ2) is 6.96. The number of hydrogen-bond acceptors (Lipinski definition) is 3. The van der Waals surface area contributed by atoms with Crippen molar-refractivity contribution in [2.45, 2.75) is 56.6 Å². The summed E-state index contributed by atoms with van der Waals surface area (Å²) >= 11 is 1.60. The monoisotopic (exact) mass is 345 g/mol. The summed E-state index contributed by atoms with van der Waals surface area (Å²) in [6.45, 7) is 2.25. The number of urea groups is 1.